The van der Waals surface area contributed by atoms with Gasteiger partial charge in [0.15, 0.2) is 0 Å². The monoisotopic (exact) mass is 432 g/mol. The molecule has 2 amide bonds. The summed E-state index contributed by atoms with van der Waals surface area (Å²) in [7, 11) is 3.08. The smallest absolute Gasteiger partial charge is 0.282 e. The van der Waals surface area contributed by atoms with Crippen LogP contribution >= 0.6 is 0 Å². The minimum Gasteiger partial charge on any atom is -0.497 e. The summed E-state index contributed by atoms with van der Waals surface area (Å²) in [6, 6.07) is 17.5. The Bertz CT molecular complexity index is 1220. The first kappa shape index (κ1) is 21.1. The van der Waals surface area contributed by atoms with E-state index in [9.17, 15) is 14.0 Å². The lowest BCUT2D eigenvalue weighted by molar-refractivity contribution is -0.120. The Morgan fingerprint density at radius 1 is 0.844 bits per heavy atom. The fourth-order valence-electron chi connectivity index (χ4n) is 3.55. The van der Waals surface area contributed by atoms with Crippen molar-refractivity contribution in [3.63, 3.8) is 0 Å². The van der Waals surface area contributed by atoms with Gasteiger partial charge in [-0.3, -0.25) is 9.59 Å². The van der Waals surface area contributed by atoms with Gasteiger partial charge in [-0.2, -0.15) is 0 Å². The molecule has 1 aliphatic heterocycles. The quantitative estimate of drug-likeness (QED) is 0.579. The lowest BCUT2D eigenvalue weighted by Crippen LogP contribution is -2.32. The predicted molar refractivity (Wildman–Crippen MR) is 120 cm³/mol. The molecule has 1 heterocycles. The zero-order chi connectivity index (χ0) is 22.8. The van der Waals surface area contributed by atoms with Crippen molar-refractivity contribution >= 4 is 28.8 Å². The number of carbonyl (C=O) groups excluding carboxylic acids is 2. The number of halogens is 1. The van der Waals surface area contributed by atoms with Crippen LogP contribution in [0.3, 0.4) is 0 Å². The third-order valence-electron chi connectivity index (χ3n) is 5.16. The van der Waals surface area contributed by atoms with Crippen LogP contribution in [0.1, 0.15) is 11.1 Å². The lowest BCUT2D eigenvalue weighted by atomic mass is 10.0. The maximum atomic E-state index is 13.4. The van der Waals surface area contributed by atoms with Crippen LogP contribution in [0.15, 0.2) is 72.4 Å². The van der Waals surface area contributed by atoms with E-state index in [4.69, 9.17) is 9.47 Å². The molecule has 7 heteroatoms. The molecular formula is C25H21FN2O4. The van der Waals surface area contributed by atoms with Gasteiger partial charge in [-0.05, 0) is 66.6 Å². The van der Waals surface area contributed by atoms with Crippen molar-refractivity contribution in [2.24, 2.45) is 0 Å². The molecular weight excluding hydrogens is 411 g/mol. The summed E-state index contributed by atoms with van der Waals surface area (Å²) in [6.07, 6.45) is 0. The molecule has 0 aliphatic carbocycles. The molecule has 1 aliphatic rings. The first-order chi connectivity index (χ1) is 15.4. The largest absolute Gasteiger partial charge is 0.497 e. The molecule has 3 aromatic rings. The Balaban J connectivity index is 1.84. The number of aryl methyl sites for hydroxylation is 1. The van der Waals surface area contributed by atoms with Gasteiger partial charge >= 0.3 is 0 Å². The molecule has 6 nitrogen and oxygen atoms in total. The van der Waals surface area contributed by atoms with E-state index in [1.165, 1.54) is 31.4 Å². The standard InChI is InChI=1S/C25H21FN2O4/c1-15-4-13-21(32-3)20(14-15)27-23-22(16-5-11-19(31-2)12-6-16)24(29)28(25(23)30)18-9-7-17(26)8-10-18/h4-14,27H,1-3H3. The normalized spacial score (nSPS) is 13.6. The van der Waals surface area contributed by atoms with Crippen molar-refractivity contribution < 1.29 is 23.5 Å². The highest BCUT2D eigenvalue weighted by Gasteiger charge is 2.40. The Morgan fingerprint density at radius 2 is 1.53 bits per heavy atom. The van der Waals surface area contributed by atoms with Gasteiger partial charge in [0.1, 0.15) is 23.0 Å². The van der Waals surface area contributed by atoms with Gasteiger partial charge in [-0.25, -0.2) is 9.29 Å². The fraction of sp³-hybridized carbons (Fsp3) is 0.120. The second kappa shape index (κ2) is 8.55. The van der Waals surface area contributed by atoms with Crippen molar-refractivity contribution in [2.75, 3.05) is 24.4 Å². The average Bonchev–Trinajstić information content (AvgIpc) is 3.04. The maximum absolute atomic E-state index is 13.4. The van der Waals surface area contributed by atoms with Gasteiger partial charge in [0.25, 0.3) is 11.8 Å². The molecule has 0 saturated carbocycles. The Labute approximate surface area is 184 Å². The minimum absolute atomic E-state index is 0.105. The number of rotatable bonds is 6. The highest BCUT2D eigenvalue weighted by atomic mass is 19.1. The maximum Gasteiger partial charge on any atom is 0.282 e. The highest BCUT2D eigenvalue weighted by molar-refractivity contribution is 6.46. The van der Waals surface area contributed by atoms with Gasteiger partial charge in [-0.1, -0.05) is 18.2 Å². The number of methoxy groups -OCH3 is 2. The summed E-state index contributed by atoms with van der Waals surface area (Å²) in [5, 5.41) is 3.11. The summed E-state index contributed by atoms with van der Waals surface area (Å²) < 4.78 is 24.0. The number of ether oxygens (including phenoxy) is 2. The minimum atomic E-state index is -0.545. The fourth-order valence-corrected chi connectivity index (χ4v) is 3.55. The van der Waals surface area contributed by atoms with E-state index < -0.39 is 17.6 Å². The Hall–Kier alpha value is -4.13. The van der Waals surface area contributed by atoms with Gasteiger partial charge < -0.3 is 14.8 Å². The van der Waals surface area contributed by atoms with Crippen LogP contribution in [0.2, 0.25) is 0 Å². The number of nitrogens with one attached hydrogen (secondary N) is 1. The molecule has 0 bridgehead atoms. The van der Waals surface area contributed by atoms with Crippen LogP contribution in [-0.4, -0.2) is 26.0 Å². The van der Waals surface area contributed by atoms with Gasteiger partial charge in [0.2, 0.25) is 0 Å². The van der Waals surface area contributed by atoms with Crippen LogP contribution in [-0.2, 0) is 9.59 Å². The van der Waals surface area contributed by atoms with Crippen LogP contribution < -0.4 is 19.7 Å². The average molecular weight is 432 g/mol. The first-order valence-electron chi connectivity index (χ1n) is 9.87. The number of imide groups is 1. The van der Waals surface area contributed by atoms with Gasteiger partial charge in [0, 0.05) is 0 Å². The third-order valence-corrected chi connectivity index (χ3v) is 5.16. The number of nitrogens with zero attached hydrogens (tertiary/aromatic N) is 1. The third kappa shape index (κ3) is 3.80. The topological polar surface area (TPSA) is 67.9 Å². The second-order valence-corrected chi connectivity index (χ2v) is 7.23. The molecule has 32 heavy (non-hydrogen) atoms. The molecule has 1 N–H and O–H groups in total. The first-order valence-corrected chi connectivity index (χ1v) is 9.87. The molecule has 0 saturated heterocycles. The van der Waals surface area contributed by atoms with E-state index in [-0.39, 0.29) is 17.0 Å². The van der Waals surface area contributed by atoms with E-state index in [1.807, 2.05) is 19.1 Å². The molecule has 0 spiro atoms. The van der Waals surface area contributed by atoms with E-state index in [2.05, 4.69) is 5.32 Å². The number of benzene rings is 3. The SMILES string of the molecule is COc1ccc(C2=C(Nc3cc(C)ccc3OC)C(=O)N(c3ccc(F)cc3)C2=O)cc1. The summed E-state index contributed by atoms with van der Waals surface area (Å²) in [6.45, 7) is 1.91. The number of anilines is 2. The van der Waals surface area contributed by atoms with E-state index in [0.29, 0.717) is 22.7 Å². The van der Waals surface area contributed by atoms with Crippen LogP contribution in [0.4, 0.5) is 15.8 Å². The Kier molecular flexibility index (Phi) is 5.64. The van der Waals surface area contributed by atoms with Crippen LogP contribution in [0, 0.1) is 12.7 Å². The van der Waals surface area contributed by atoms with Crippen LogP contribution in [0.25, 0.3) is 5.57 Å². The van der Waals surface area contributed by atoms with Crippen molar-refractivity contribution in [3.05, 3.63) is 89.4 Å². The molecule has 0 radical (unpaired) electrons. The summed E-state index contributed by atoms with van der Waals surface area (Å²) in [5.41, 5.74) is 2.63. The molecule has 0 atom stereocenters. The Morgan fingerprint density at radius 3 is 2.16 bits per heavy atom. The van der Waals surface area contributed by atoms with Crippen molar-refractivity contribution in [3.8, 4) is 11.5 Å². The predicted octanol–water partition coefficient (Wildman–Crippen LogP) is 4.55. The zero-order valence-electron chi connectivity index (χ0n) is 17.8. The number of hydrogen-bond donors (Lipinski definition) is 1. The molecule has 4 rings (SSSR count). The van der Waals surface area contributed by atoms with Crippen molar-refractivity contribution in [2.45, 2.75) is 6.92 Å². The number of hydrogen-bond acceptors (Lipinski definition) is 5. The second-order valence-electron chi connectivity index (χ2n) is 7.23. The zero-order valence-corrected chi connectivity index (χ0v) is 17.8. The van der Waals surface area contributed by atoms with Gasteiger partial charge in [0.05, 0.1) is 31.2 Å². The summed E-state index contributed by atoms with van der Waals surface area (Å²) in [4.78, 5) is 27.9. The molecule has 3 aromatic carbocycles. The summed E-state index contributed by atoms with van der Waals surface area (Å²) in [5.74, 6) is -0.370. The number of carbonyl (C=O) groups is 2. The lowest BCUT2D eigenvalue weighted by Gasteiger charge is -2.16. The number of amides is 2. The van der Waals surface area contributed by atoms with Gasteiger partial charge in [-0.15, -0.1) is 0 Å². The van der Waals surface area contributed by atoms with Crippen LogP contribution in [0.5, 0.6) is 11.5 Å². The highest BCUT2D eigenvalue weighted by Crippen LogP contribution is 2.36. The molecule has 0 fully saturated rings. The molecule has 0 unspecified atom stereocenters. The van der Waals surface area contributed by atoms with Crippen molar-refractivity contribution in [1.82, 2.24) is 0 Å². The van der Waals surface area contributed by atoms with Crippen molar-refractivity contribution in [1.29, 1.82) is 0 Å². The molecule has 162 valence electrons. The van der Waals surface area contributed by atoms with E-state index in [0.717, 1.165) is 10.5 Å². The van der Waals surface area contributed by atoms with E-state index >= 15 is 0 Å². The van der Waals surface area contributed by atoms with E-state index in [1.54, 1.807) is 37.4 Å². The molecule has 0 aromatic heterocycles. The summed E-state index contributed by atoms with van der Waals surface area (Å²) >= 11 is 0.